The lowest BCUT2D eigenvalue weighted by atomic mass is 9.91. The zero-order valence-electron chi connectivity index (χ0n) is 11.0. The largest absolute Gasteiger partial charge is 0.0984 e. The molecule has 1 aromatic rings. The van der Waals surface area contributed by atoms with Crippen molar-refractivity contribution in [1.29, 1.82) is 0 Å². The molecule has 0 aliphatic rings. The number of rotatable bonds is 4. The molecule has 1 aromatic carbocycles. The monoisotopic (exact) mass is 224 g/mol. The first-order chi connectivity index (χ1) is 8.19. The van der Waals surface area contributed by atoms with E-state index in [-0.39, 0.29) is 0 Å². The van der Waals surface area contributed by atoms with Crippen molar-refractivity contribution < 1.29 is 0 Å². The molecule has 88 valence electrons. The molecule has 0 bridgehead atoms. The molecule has 0 saturated carbocycles. The number of hydrogen-bond donors (Lipinski definition) is 0. The summed E-state index contributed by atoms with van der Waals surface area (Å²) in [6, 6.07) is 2.17. The van der Waals surface area contributed by atoms with Crippen LogP contribution in [0.25, 0.3) is 24.3 Å². The Labute approximate surface area is 105 Å². The van der Waals surface area contributed by atoms with Crippen molar-refractivity contribution in [2.24, 2.45) is 0 Å². The van der Waals surface area contributed by atoms with Crippen molar-refractivity contribution >= 4 is 24.3 Å². The maximum atomic E-state index is 3.93. The summed E-state index contributed by atoms with van der Waals surface area (Å²) >= 11 is 0. The second-order valence-corrected chi connectivity index (χ2v) is 3.93. The smallest absolute Gasteiger partial charge is 0.0109 e. The average Bonchev–Trinajstić information content (AvgIpc) is 2.33. The predicted molar refractivity (Wildman–Crippen MR) is 80.8 cm³/mol. The van der Waals surface area contributed by atoms with E-state index in [9.17, 15) is 0 Å². The van der Waals surface area contributed by atoms with Crippen molar-refractivity contribution in [2.45, 2.75) is 20.8 Å². The van der Waals surface area contributed by atoms with Gasteiger partial charge in [0, 0.05) is 0 Å². The standard InChI is InChI=1S/C17H20/c1-6-10-16-13(5)12-14(8-3)17(11-7-2)15(16)9-4/h6-12H,3-4H2,1-2,5H3/b10-6-,11-7-. The molecule has 0 N–H and O–H groups in total. The van der Waals surface area contributed by atoms with Crippen LogP contribution in [0.5, 0.6) is 0 Å². The van der Waals surface area contributed by atoms with Crippen LogP contribution in [-0.4, -0.2) is 0 Å². The zero-order chi connectivity index (χ0) is 12.8. The summed E-state index contributed by atoms with van der Waals surface area (Å²) in [7, 11) is 0. The molecule has 17 heavy (non-hydrogen) atoms. The fourth-order valence-electron chi connectivity index (χ4n) is 2.03. The predicted octanol–water partition coefficient (Wildman–Crippen LogP) is 5.35. The third kappa shape index (κ3) is 2.65. The maximum Gasteiger partial charge on any atom is -0.0109 e. The third-order valence-corrected chi connectivity index (χ3v) is 2.78. The minimum Gasteiger partial charge on any atom is -0.0984 e. The van der Waals surface area contributed by atoms with E-state index in [0.717, 1.165) is 5.56 Å². The molecule has 0 aliphatic carbocycles. The molecule has 0 spiro atoms. The molecule has 1 rings (SSSR count). The molecule has 0 heterocycles. The second kappa shape index (κ2) is 6.05. The Morgan fingerprint density at radius 3 is 1.94 bits per heavy atom. The Balaban J connectivity index is 3.70. The molecule has 0 radical (unpaired) electrons. The first kappa shape index (κ1) is 13.2. The van der Waals surface area contributed by atoms with Crippen molar-refractivity contribution in [3.63, 3.8) is 0 Å². The van der Waals surface area contributed by atoms with Gasteiger partial charge < -0.3 is 0 Å². The highest BCUT2D eigenvalue weighted by molar-refractivity contribution is 5.80. The lowest BCUT2D eigenvalue weighted by Crippen LogP contribution is -1.94. The Bertz CT molecular complexity index is 485. The van der Waals surface area contributed by atoms with E-state index in [1.165, 1.54) is 22.3 Å². The van der Waals surface area contributed by atoms with Gasteiger partial charge in [-0.25, -0.2) is 0 Å². The minimum absolute atomic E-state index is 1.16. The normalized spacial score (nSPS) is 11.2. The molecular formula is C17H20. The van der Waals surface area contributed by atoms with Gasteiger partial charge in [0.2, 0.25) is 0 Å². The van der Waals surface area contributed by atoms with Gasteiger partial charge in [-0.2, -0.15) is 0 Å². The van der Waals surface area contributed by atoms with E-state index in [1.54, 1.807) is 0 Å². The molecule has 0 aromatic heterocycles. The fraction of sp³-hybridized carbons (Fsp3) is 0.176. The van der Waals surface area contributed by atoms with E-state index in [4.69, 9.17) is 0 Å². The van der Waals surface area contributed by atoms with Crippen LogP contribution in [0.1, 0.15) is 41.7 Å². The number of allylic oxidation sites excluding steroid dienone is 2. The minimum atomic E-state index is 1.16. The van der Waals surface area contributed by atoms with Gasteiger partial charge in [0.15, 0.2) is 0 Å². The quantitative estimate of drug-likeness (QED) is 0.647. The summed E-state index contributed by atoms with van der Waals surface area (Å²) in [5, 5.41) is 0. The van der Waals surface area contributed by atoms with Crippen LogP contribution in [0.2, 0.25) is 0 Å². The first-order valence-electron chi connectivity index (χ1n) is 5.87. The summed E-state index contributed by atoms with van der Waals surface area (Å²) in [4.78, 5) is 0. The van der Waals surface area contributed by atoms with Gasteiger partial charge in [-0.05, 0) is 48.6 Å². The molecule has 0 nitrogen and oxygen atoms in total. The zero-order valence-corrected chi connectivity index (χ0v) is 11.0. The van der Waals surface area contributed by atoms with Gasteiger partial charge in [-0.3, -0.25) is 0 Å². The van der Waals surface area contributed by atoms with E-state index < -0.39 is 0 Å². The molecule has 0 fully saturated rings. The van der Waals surface area contributed by atoms with E-state index in [2.05, 4.69) is 44.4 Å². The Hall–Kier alpha value is -1.82. The van der Waals surface area contributed by atoms with Crippen molar-refractivity contribution in [3.8, 4) is 0 Å². The van der Waals surface area contributed by atoms with Gasteiger partial charge in [0.25, 0.3) is 0 Å². The SMILES string of the molecule is C=Cc1cc(C)c(/C=C\C)c(C=C)c1/C=C\C. The topological polar surface area (TPSA) is 0 Å². The van der Waals surface area contributed by atoms with Gasteiger partial charge >= 0.3 is 0 Å². The van der Waals surface area contributed by atoms with Crippen LogP contribution in [0.3, 0.4) is 0 Å². The Morgan fingerprint density at radius 1 is 0.882 bits per heavy atom. The van der Waals surface area contributed by atoms with E-state index >= 15 is 0 Å². The van der Waals surface area contributed by atoms with Crippen LogP contribution < -0.4 is 0 Å². The fourth-order valence-corrected chi connectivity index (χ4v) is 2.03. The molecule has 0 heteroatoms. The van der Waals surface area contributed by atoms with Crippen molar-refractivity contribution in [2.75, 3.05) is 0 Å². The highest BCUT2D eigenvalue weighted by atomic mass is 14.1. The summed E-state index contributed by atoms with van der Waals surface area (Å²) in [5.41, 5.74) is 6.01. The second-order valence-electron chi connectivity index (χ2n) is 3.93. The molecule has 0 atom stereocenters. The van der Waals surface area contributed by atoms with Gasteiger partial charge in [0.1, 0.15) is 0 Å². The molecule has 0 amide bonds. The third-order valence-electron chi connectivity index (χ3n) is 2.78. The number of benzene rings is 1. The van der Waals surface area contributed by atoms with Crippen molar-refractivity contribution in [1.82, 2.24) is 0 Å². The Morgan fingerprint density at radius 2 is 1.47 bits per heavy atom. The van der Waals surface area contributed by atoms with Crippen LogP contribution >= 0.6 is 0 Å². The molecule has 0 unspecified atom stereocenters. The van der Waals surface area contributed by atoms with Gasteiger partial charge in [-0.1, -0.05) is 55.7 Å². The lowest BCUT2D eigenvalue weighted by Gasteiger charge is -2.13. The highest BCUT2D eigenvalue weighted by Gasteiger charge is 2.08. The van der Waals surface area contributed by atoms with Crippen molar-refractivity contribution in [3.05, 3.63) is 59.2 Å². The maximum absolute atomic E-state index is 3.93. The summed E-state index contributed by atoms with van der Waals surface area (Å²) in [5.74, 6) is 0. The number of hydrogen-bond acceptors (Lipinski definition) is 0. The molecule has 0 aliphatic heterocycles. The first-order valence-corrected chi connectivity index (χ1v) is 5.87. The average molecular weight is 224 g/mol. The highest BCUT2D eigenvalue weighted by Crippen LogP contribution is 2.27. The summed E-state index contributed by atoms with van der Waals surface area (Å²) in [6.45, 7) is 14.0. The summed E-state index contributed by atoms with van der Waals surface area (Å²) < 4.78 is 0. The van der Waals surface area contributed by atoms with Crippen LogP contribution in [0.15, 0.2) is 31.4 Å². The van der Waals surface area contributed by atoms with Crippen LogP contribution in [-0.2, 0) is 0 Å². The Kier molecular flexibility index (Phi) is 4.71. The van der Waals surface area contributed by atoms with Crippen LogP contribution in [0.4, 0.5) is 0 Å². The van der Waals surface area contributed by atoms with E-state index in [0.29, 0.717) is 0 Å². The molecular weight excluding hydrogens is 204 g/mol. The summed E-state index contributed by atoms with van der Waals surface area (Å²) in [6.07, 6.45) is 12.2. The van der Waals surface area contributed by atoms with E-state index in [1.807, 2.05) is 32.1 Å². The lowest BCUT2D eigenvalue weighted by molar-refractivity contribution is 1.40. The van der Waals surface area contributed by atoms with Gasteiger partial charge in [-0.15, -0.1) is 0 Å². The van der Waals surface area contributed by atoms with Gasteiger partial charge in [0.05, 0.1) is 0 Å². The molecule has 0 saturated heterocycles. The van der Waals surface area contributed by atoms with Crippen LogP contribution in [0, 0.1) is 6.92 Å². The number of aryl methyl sites for hydroxylation is 1.